The Balaban J connectivity index is 2.11. The minimum atomic E-state index is -0.555. The third-order valence-electron chi connectivity index (χ3n) is 4.85. The van der Waals surface area contributed by atoms with Gasteiger partial charge in [-0.2, -0.15) is 0 Å². The maximum Gasteiger partial charge on any atom is 0.338 e. The average molecular weight is 429 g/mol. The molecule has 0 amide bonds. The molecule has 1 unspecified atom stereocenters. The highest BCUT2D eigenvalue weighted by atomic mass is 32.1. The first-order chi connectivity index (χ1) is 14.4. The van der Waals surface area contributed by atoms with E-state index in [4.69, 9.17) is 26.4 Å². The van der Waals surface area contributed by atoms with Crippen molar-refractivity contribution >= 4 is 29.0 Å². The standard InChI is InChI=1S/C22H24N2O5S/c1-5-29-21(26)19-13(2)24(15-7-9-16(27-3)10-8-15)22(30)23-20(19)14-6-11-17(25)18(12-14)28-4/h6-12,20,25H,5H2,1-4H3,(H,23,30). The maximum atomic E-state index is 12.9. The monoisotopic (exact) mass is 428 g/mol. The van der Waals surface area contributed by atoms with Crippen molar-refractivity contribution in [1.29, 1.82) is 0 Å². The first kappa shape index (κ1) is 21.4. The second-order valence-electron chi connectivity index (χ2n) is 6.57. The van der Waals surface area contributed by atoms with Gasteiger partial charge in [0.1, 0.15) is 5.75 Å². The minimum Gasteiger partial charge on any atom is -0.504 e. The van der Waals surface area contributed by atoms with Gasteiger partial charge in [0.15, 0.2) is 16.6 Å². The lowest BCUT2D eigenvalue weighted by Gasteiger charge is -2.37. The summed E-state index contributed by atoms with van der Waals surface area (Å²) in [5.74, 6) is 0.591. The van der Waals surface area contributed by atoms with Crippen LogP contribution in [0.3, 0.4) is 0 Å². The van der Waals surface area contributed by atoms with E-state index in [1.807, 2.05) is 31.2 Å². The Kier molecular flexibility index (Phi) is 6.47. The summed E-state index contributed by atoms with van der Waals surface area (Å²) in [5.41, 5.74) is 2.58. The number of nitrogens with one attached hydrogen (secondary N) is 1. The van der Waals surface area contributed by atoms with Gasteiger partial charge in [-0.1, -0.05) is 6.07 Å². The zero-order valence-electron chi connectivity index (χ0n) is 17.3. The third-order valence-corrected chi connectivity index (χ3v) is 5.15. The molecule has 2 aromatic rings. The quantitative estimate of drug-likeness (QED) is 0.533. The molecule has 158 valence electrons. The predicted molar refractivity (Wildman–Crippen MR) is 118 cm³/mol. The number of methoxy groups -OCH3 is 2. The van der Waals surface area contributed by atoms with Gasteiger partial charge in [0.2, 0.25) is 0 Å². The summed E-state index contributed by atoms with van der Waals surface area (Å²) in [6.07, 6.45) is 0. The van der Waals surface area contributed by atoms with Gasteiger partial charge >= 0.3 is 5.97 Å². The number of hydrogen-bond donors (Lipinski definition) is 2. The highest BCUT2D eigenvalue weighted by Crippen LogP contribution is 2.37. The second-order valence-corrected chi connectivity index (χ2v) is 6.95. The van der Waals surface area contributed by atoms with E-state index in [9.17, 15) is 9.90 Å². The summed E-state index contributed by atoms with van der Waals surface area (Å²) in [4.78, 5) is 14.7. The van der Waals surface area contributed by atoms with E-state index < -0.39 is 12.0 Å². The number of phenolic OH excluding ortho intramolecular Hbond substituents is 1. The summed E-state index contributed by atoms with van der Waals surface area (Å²) >= 11 is 5.63. The van der Waals surface area contributed by atoms with Crippen molar-refractivity contribution < 1.29 is 24.1 Å². The molecule has 0 aromatic heterocycles. The highest BCUT2D eigenvalue weighted by molar-refractivity contribution is 7.80. The number of allylic oxidation sites excluding steroid dienone is 1. The number of ether oxygens (including phenoxy) is 3. The third kappa shape index (κ3) is 4.04. The van der Waals surface area contributed by atoms with Crippen LogP contribution in [0, 0.1) is 0 Å². The van der Waals surface area contributed by atoms with Crippen LogP contribution in [0.1, 0.15) is 25.5 Å². The zero-order valence-corrected chi connectivity index (χ0v) is 18.1. The van der Waals surface area contributed by atoms with Gasteiger partial charge in [-0.3, -0.25) is 4.90 Å². The lowest BCUT2D eigenvalue weighted by atomic mass is 9.94. The van der Waals surface area contributed by atoms with Gasteiger partial charge in [-0.15, -0.1) is 0 Å². The molecular weight excluding hydrogens is 404 g/mol. The van der Waals surface area contributed by atoms with Crippen LogP contribution in [0.25, 0.3) is 0 Å². The number of anilines is 1. The fraction of sp³-hybridized carbons (Fsp3) is 0.273. The maximum absolute atomic E-state index is 12.9. The number of rotatable bonds is 6. The number of esters is 1. The molecule has 0 bridgehead atoms. The summed E-state index contributed by atoms with van der Waals surface area (Å²) in [7, 11) is 3.07. The van der Waals surface area contributed by atoms with Crippen molar-refractivity contribution in [2.45, 2.75) is 19.9 Å². The Morgan fingerprint density at radius 3 is 2.47 bits per heavy atom. The molecule has 2 aromatic carbocycles. The van der Waals surface area contributed by atoms with Gasteiger partial charge in [0.05, 0.1) is 32.4 Å². The molecule has 1 heterocycles. The molecule has 0 saturated carbocycles. The van der Waals surface area contributed by atoms with Crippen LogP contribution < -0.4 is 19.7 Å². The van der Waals surface area contributed by atoms with Crippen LogP contribution in [-0.2, 0) is 9.53 Å². The van der Waals surface area contributed by atoms with Crippen LogP contribution in [0.4, 0.5) is 5.69 Å². The van der Waals surface area contributed by atoms with E-state index in [0.29, 0.717) is 27.7 Å². The molecule has 0 aliphatic carbocycles. The number of nitrogens with zero attached hydrogens (tertiary/aromatic N) is 1. The molecule has 0 fully saturated rings. The van der Waals surface area contributed by atoms with Gasteiger partial charge in [0.25, 0.3) is 0 Å². The zero-order chi connectivity index (χ0) is 21.8. The molecule has 0 radical (unpaired) electrons. The number of carbonyl (C=O) groups is 1. The second kappa shape index (κ2) is 9.04. The highest BCUT2D eigenvalue weighted by Gasteiger charge is 2.35. The summed E-state index contributed by atoms with van der Waals surface area (Å²) < 4.78 is 15.8. The van der Waals surface area contributed by atoms with Gasteiger partial charge < -0.3 is 24.6 Å². The Morgan fingerprint density at radius 2 is 1.87 bits per heavy atom. The Hall–Kier alpha value is -3.26. The van der Waals surface area contributed by atoms with Crippen LogP contribution in [0.5, 0.6) is 17.2 Å². The van der Waals surface area contributed by atoms with E-state index in [1.165, 1.54) is 13.2 Å². The van der Waals surface area contributed by atoms with Crippen LogP contribution in [-0.4, -0.2) is 37.0 Å². The fourth-order valence-corrected chi connectivity index (χ4v) is 3.74. The van der Waals surface area contributed by atoms with Crippen molar-refractivity contribution in [3.05, 3.63) is 59.3 Å². The number of phenols is 1. The van der Waals surface area contributed by atoms with E-state index in [0.717, 1.165) is 11.4 Å². The predicted octanol–water partition coefficient (Wildman–Crippen LogP) is 3.68. The van der Waals surface area contributed by atoms with Gasteiger partial charge in [0, 0.05) is 11.4 Å². The number of aromatic hydroxyl groups is 1. The van der Waals surface area contributed by atoms with Crippen molar-refractivity contribution in [1.82, 2.24) is 5.32 Å². The van der Waals surface area contributed by atoms with Crippen LogP contribution >= 0.6 is 12.2 Å². The number of carbonyl (C=O) groups excluding carboxylic acids is 1. The summed E-state index contributed by atoms with van der Waals surface area (Å²) in [6, 6.07) is 11.7. The topological polar surface area (TPSA) is 80.3 Å². The van der Waals surface area contributed by atoms with E-state index in [2.05, 4.69) is 5.32 Å². The molecule has 0 saturated heterocycles. The molecule has 1 atom stereocenters. The molecule has 2 N–H and O–H groups in total. The molecule has 8 heteroatoms. The van der Waals surface area contributed by atoms with Crippen molar-refractivity contribution in [3.8, 4) is 17.2 Å². The van der Waals surface area contributed by atoms with Crippen molar-refractivity contribution in [2.75, 3.05) is 25.7 Å². The number of hydrogen-bond acceptors (Lipinski definition) is 6. The number of thiocarbonyl (C=S) groups is 1. The van der Waals surface area contributed by atoms with E-state index >= 15 is 0 Å². The molecule has 1 aliphatic heterocycles. The SMILES string of the molecule is CCOC(=O)C1=C(C)N(c2ccc(OC)cc2)C(=S)NC1c1ccc(O)c(OC)c1. The van der Waals surface area contributed by atoms with E-state index in [1.54, 1.807) is 31.1 Å². The lowest BCUT2D eigenvalue weighted by molar-refractivity contribution is -0.139. The normalized spacial score (nSPS) is 16.2. The minimum absolute atomic E-state index is 0.0119. The molecule has 1 aliphatic rings. The molecule has 7 nitrogen and oxygen atoms in total. The van der Waals surface area contributed by atoms with Crippen LogP contribution in [0.15, 0.2) is 53.7 Å². The first-order valence-corrected chi connectivity index (χ1v) is 9.81. The lowest BCUT2D eigenvalue weighted by Crippen LogP contribution is -2.48. The van der Waals surface area contributed by atoms with Crippen molar-refractivity contribution in [2.24, 2.45) is 0 Å². The Labute approximate surface area is 180 Å². The smallest absolute Gasteiger partial charge is 0.338 e. The average Bonchev–Trinajstić information content (AvgIpc) is 2.74. The largest absolute Gasteiger partial charge is 0.504 e. The van der Waals surface area contributed by atoms with Gasteiger partial charge in [-0.25, -0.2) is 4.79 Å². The van der Waals surface area contributed by atoms with Crippen LogP contribution in [0.2, 0.25) is 0 Å². The Bertz CT molecular complexity index is 988. The molecule has 3 rings (SSSR count). The van der Waals surface area contributed by atoms with E-state index in [-0.39, 0.29) is 12.4 Å². The molecule has 30 heavy (non-hydrogen) atoms. The van der Waals surface area contributed by atoms with Crippen molar-refractivity contribution in [3.63, 3.8) is 0 Å². The van der Waals surface area contributed by atoms with Gasteiger partial charge in [-0.05, 0) is 68.0 Å². The Morgan fingerprint density at radius 1 is 1.17 bits per heavy atom. The summed E-state index contributed by atoms with van der Waals surface area (Å²) in [5, 5.41) is 13.6. The fourth-order valence-electron chi connectivity index (χ4n) is 3.38. The summed E-state index contributed by atoms with van der Waals surface area (Å²) in [6.45, 7) is 3.83. The molecular formula is C22H24N2O5S. The molecule has 0 spiro atoms. The first-order valence-electron chi connectivity index (χ1n) is 9.40. The number of benzene rings is 2.